The average Bonchev–Trinajstić information content (AvgIpc) is 3.10. The van der Waals surface area contributed by atoms with Gasteiger partial charge in [-0.3, -0.25) is 4.79 Å². The largest absolute Gasteiger partial charge is 0.338 e. The van der Waals surface area contributed by atoms with Gasteiger partial charge in [0.2, 0.25) is 0 Å². The van der Waals surface area contributed by atoms with Crippen molar-refractivity contribution in [3.8, 4) is 0 Å². The Bertz CT molecular complexity index is 594. The van der Waals surface area contributed by atoms with E-state index in [1.807, 2.05) is 19.1 Å². The Balaban J connectivity index is 1.67. The van der Waals surface area contributed by atoms with Crippen LogP contribution in [0.25, 0.3) is 0 Å². The van der Waals surface area contributed by atoms with Gasteiger partial charge in [-0.1, -0.05) is 25.0 Å². The van der Waals surface area contributed by atoms with E-state index in [9.17, 15) is 4.79 Å². The summed E-state index contributed by atoms with van der Waals surface area (Å²) in [5, 5.41) is 2.88. The van der Waals surface area contributed by atoms with Crippen molar-refractivity contribution >= 4 is 11.6 Å². The molecule has 4 nitrogen and oxygen atoms in total. The minimum Gasteiger partial charge on any atom is -0.338 e. The van der Waals surface area contributed by atoms with E-state index in [4.69, 9.17) is 0 Å². The molecule has 1 amide bonds. The van der Waals surface area contributed by atoms with E-state index in [1.54, 1.807) is 6.20 Å². The van der Waals surface area contributed by atoms with Gasteiger partial charge >= 0.3 is 0 Å². The Morgan fingerprint density at radius 2 is 1.95 bits per heavy atom. The molecule has 20 heavy (non-hydrogen) atoms. The summed E-state index contributed by atoms with van der Waals surface area (Å²) in [5.41, 5.74) is 2.70. The Labute approximate surface area is 118 Å². The van der Waals surface area contributed by atoms with Crippen molar-refractivity contribution < 1.29 is 4.79 Å². The van der Waals surface area contributed by atoms with Gasteiger partial charge in [-0.05, 0) is 43.4 Å². The van der Waals surface area contributed by atoms with Crippen LogP contribution in [0, 0.1) is 6.92 Å². The van der Waals surface area contributed by atoms with Crippen LogP contribution in [0.2, 0.25) is 0 Å². The molecule has 1 aliphatic carbocycles. The molecule has 0 saturated heterocycles. The zero-order valence-corrected chi connectivity index (χ0v) is 11.6. The fourth-order valence-corrected chi connectivity index (χ4v) is 2.83. The summed E-state index contributed by atoms with van der Waals surface area (Å²) in [4.78, 5) is 18.9. The van der Waals surface area contributed by atoms with Crippen molar-refractivity contribution in [2.24, 2.45) is 0 Å². The zero-order chi connectivity index (χ0) is 13.9. The number of aryl methyl sites for hydroxylation is 1. The van der Waals surface area contributed by atoms with Crippen LogP contribution in [0.5, 0.6) is 0 Å². The smallest absolute Gasteiger partial charge is 0.273 e. The molecule has 0 atom stereocenters. The number of carbonyl (C=O) groups excluding carboxylic acids is 1. The van der Waals surface area contributed by atoms with Crippen LogP contribution in [0.3, 0.4) is 0 Å². The molecular weight excluding hydrogens is 250 g/mol. The van der Waals surface area contributed by atoms with Gasteiger partial charge in [0, 0.05) is 5.69 Å². The molecule has 0 unspecified atom stereocenters. The number of anilines is 1. The second-order valence-electron chi connectivity index (χ2n) is 5.44. The molecule has 104 valence electrons. The van der Waals surface area contributed by atoms with Crippen molar-refractivity contribution in [2.45, 2.75) is 38.5 Å². The molecule has 2 aromatic rings. The van der Waals surface area contributed by atoms with Gasteiger partial charge in [-0.15, -0.1) is 0 Å². The number of rotatable bonds is 3. The van der Waals surface area contributed by atoms with E-state index in [2.05, 4.69) is 27.4 Å². The van der Waals surface area contributed by atoms with Crippen LogP contribution >= 0.6 is 0 Å². The number of H-pyrrole nitrogens is 1. The highest BCUT2D eigenvalue weighted by Gasteiger charge is 2.16. The SMILES string of the molecule is Cc1ncc(C(=O)Nc2ccc(C3CCCC3)cc2)[nH]1. The zero-order valence-electron chi connectivity index (χ0n) is 11.6. The molecule has 0 aliphatic heterocycles. The molecule has 4 heteroatoms. The number of benzene rings is 1. The summed E-state index contributed by atoms with van der Waals surface area (Å²) in [7, 11) is 0. The van der Waals surface area contributed by atoms with Crippen molar-refractivity contribution in [3.63, 3.8) is 0 Å². The van der Waals surface area contributed by atoms with Crippen LogP contribution in [0.1, 0.15) is 53.5 Å². The van der Waals surface area contributed by atoms with Crippen molar-refractivity contribution in [2.75, 3.05) is 5.32 Å². The van der Waals surface area contributed by atoms with Crippen LogP contribution in [0.4, 0.5) is 5.69 Å². The Morgan fingerprint density at radius 3 is 2.55 bits per heavy atom. The molecule has 0 spiro atoms. The Hall–Kier alpha value is -2.10. The quantitative estimate of drug-likeness (QED) is 0.894. The van der Waals surface area contributed by atoms with Gasteiger partial charge in [-0.25, -0.2) is 4.98 Å². The monoisotopic (exact) mass is 269 g/mol. The minimum atomic E-state index is -0.154. The second-order valence-corrected chi connectivity index (χ2v) is 5.44. The number of nitrogens with one attached hydrogen (secondary N) is 2. The topological polar surface area (TPSA) is 57.8 Å². The van der Waals surface area contributed by atoms with Crippen LogP contribution < -0.4 is 5.32 Å². The first kappa shape index (κ1) is 12.9. The van der Waals surface area contributed by atoms with Crippen LogP contribution in [-0.2, 0) is 0 Å². The third-order valence-corrected chi connectivity index (χ3v) is 3.94. The lowest BCUT2D eigenvalue weighted by Gasteiger charge is -2.10. The summed E-state index contributed by atoms with van der Waals surface area (Å²) < 4.78 is 0. The lowest BCUT2D eigenvalue weighted by Crippen LogP contribution is -2.12. The number of aromatic amines is 1. The first-order valence-corrected chi connectivity index (χ1v) is 7.15. The molecule has 0 radical (unpaired) electrons. The molecule has 0 bridgehead atoms. The third kappa shape index (κ3) is 2.74. The molecule has 1 saturated carbocycles. The summed E-state index contributed by atoms with van der Waals surface area (Å²) in [6, 6.07) is 8.22. The van der Waals surface area contributed by atoms with E-state index in [0.29, 0.717) is 11.6 Å². The van der Waals surface area contributed by atoms with Gasteiger partial charge in [0.05, 0.1) is 6.20 Å². The van der Waals surface area contributed by atoms with E-state index in [-0.39, 0.29) is 5.91 Å². The van der Waals surface area contributed by atoms with Crippen molar-refractivity contribution in [1.82, 2.24) is 9.97 Å². The second kappa shape index (κ2) is 5.49. The normalized spacial score (nSPS) is 15.4. The number of hydrogen-bond donors (Lipinski definition) is 2. The molecule has 1 aliphatic rings. The predicted octanol–water partition coefficient (Wildman–Crippen LogP) is 3.63. The first-order chi connectivity index (χ1) is 9.72. The fraction of sp³-hybridized carbons (Fsp3) is 0.375. The van der Waals surface area contributed by atoms with Gasteiger partial charge in [-0.2, -0.15) is 0 Å². The fourth-order valence-electron chi connectivity index (χ4n) is 2.83. The number of hydrogen-bond acceptors (Lipinski definition) is 2. The predicted molar refractivity (Wildman–Crippen MR) is 78.9 cm³/mol. The Morgan fingerprint density at radius 1 is 1.25 bits per heavy atom. The lowest BCUT2D eigenvalue weighted by molar-refractivity contribution is 0.102. The average molecular weight is 269 g/mol. The molecular formula is C16H19N3O. The highest BCUT2D eigenvalue weighted by atomic mass is 16.1. The van der Waals surface area contributed by atoms with Gasteiger partial charge < -0.3 is 10.3 Å². The number of nitrogens with zero attached hydrogens (tertiary/aromatic N) is 1. The molecule has 1 aromatic heterocycles. The maximum atomic E-state index is 12.0. The number of amides is 1. The van der Waals surface area contributed by atoms with Gasteiger partial charge in [0.1, 0.15) is 11.5 Å². The summed E-state index contributed by atoms with van der Waals surface area (Å²) in [6.45, 7) is 1.83. The first-order valence-electron chi connectivity index (χ1n) is 7.15. The Kier molecular flexibility index (Phi) is 3.54. The maximum Gasteiger partial charge on any atom is 0.273 e. The molecule has 2 N–H and O–H groups in total. The maximum absolute atomic E-state index is 12.0. The van der Waals surface area contributed by atoms with E-state index in [1.165, 1.54) is 31.2 Å². The highest BCUT2D eigenvalue weighted by molar-refractivity contribution is 6.02. The highest BCUT2D eigenvalue weighted by Crippen LogP contribution is 2.34. The van der Waals surface area contributed by atoms with Gasteiger partial charge in [0.25, 0.3) is 5.91 Å². The summed E-state index contributed by atoms with van der Waals surface area (Å²) in [6.07, 6.45) is 6.81. The molecule has 3 rings (SSSR count). The van der Waals surface area contributed by atoms with Crippen LogP contribution in [-0.4, -0.2) is 15.9 Å². The standard InChI is InChI=1S/C16H19N3O/c1-11-17-10-15(18-11)16(20)19-14-8-6-13(7-9-14)12-4-2-3-5-12/h6-10,12H,2-5H2,1H3,(H,17,18)(H,19,20). The minimum absolute atomic E-state index is 0.154. The summed E-state index contributed by atoms with van der Waals surface area (Å²) in [5.74, 6) is 1.29. The third-order valence-electron chi connectivity index (χ3n) is 3.94. The summed E-state index contributed by atoms with van der Waals surface area (Å²) >= 11 is 0. The van der Waals surface area contributed by atoms with E-state index >= 15 is 0 Å². The van der Waals surface area contributed by atoms with Crippen molar-refractivity contribution in [3.05, 3.63) is 47.5 Å². The number of imidazole rings is 1. The number of aromatic nitrogens is 2. The molecule has 1 aromatic carbocycles. The molecule has 1 fully saturated rings. The van der Waals surface area contributed by atoms with Crippen LogP contribution in [0.15, 0.2) is 30.5 Å². The number of carbonyl (C=O) groups is 1. The molecule has 1 heterocycles. The van der Waals surface area contributed by atoms with E-state index < -0.39 is 0 Å². The lowest BCUT2D eigenvalue weighted by atomic mass is 9.98. The van der Waals surface area contributed by atoms with Gasteiger partial charge in [0.15, 0.2) is 0 Å². The van der Waals surface area contributed by atoms with E-state index in [0.717, 1.165) is 11.5 Å². The van der Waals surface area contributed by atoms with Crippen molar-refractivity contribution in [1.29, 1.82) is 0 Å².